The van der Waals surface area contributed by atoms with E-state index in [4.69, 9.17) is 8.83 Å². The Kier molecular flexibility index (Phi) is 7.58. The molecule has 9 aromatic carbocycles. The first-order valence-electron chi connectivity index (χ1n) is 20.7. The summed E-state index contributed by atoms with van der Waals surface area (Å²) in [6.07, 6.45) is 0. The lowest BCUT2D eigenvalue weighted by molar-refractivity contribution is 0.660. The Morgan fingerprint density at radius 3 is 1.63 bits per heavy atom. The van der Waals surface area contributed by atoms with Crippen molar-refractivity contribution in [1.82, 2.24) is 0 Å². The molecular formula is C57H39NO2. The van der Waals surface area contributed by atoms with Crippen LogP contribution < -0.4 is 4.90 Å². The van der Waals surface area contributed by atoms with Crippen LogP contribution in [0.15, 0.2) is 209 Å². The molecule has 0 radical (unpaired) electrons. The average molecular weight is 770 g/mol. The maximum Gasteiger partial charge on any atom is 0.143 e. The van der Waals surface area contributed by atoms with E-state index in [1.807, 2.05) is 18.2 Å². The summed E-state index contributed by atoms with van der Waals surface area (Å²) in [6, 6.07) is 71.7. The fraction of sp³-hybridized carbons (Fsp3) is 0.0526. The van der Waals surface area contributed by atoms with Gasteiger partial charge >= 0.3 is 0 Å². The SMILES string of the molecule is CC1(C)c2ccccc2-c2ccc(-c3c(-c4ccc(-c5ccc(N(c6ccccc6)c6ccccc6)cc5)cc4)ccc4c3oc3ccc5oc6ccccc6c5c34)cc21. The van der Waals surface area contributed by atoms with Crippen LogP contribution >= 0.6 is 0 Å². The molecule has 0 spiro atoms. The van der Waals surface area contributed by atoms with Gasteiger partial charge in [-0.1, -0.05) is 147 Å². The number of fused-ring (bicyclic) bond motifs is 10. The van der Waals surface area contributed by atoms with Crippen molar-refractivity contribution in [3.63, 3.8) is 0 Å². The summed E-state index contributed by atoms with van der Waals surface area (Å²) in [4.78, 5) is 2.29. The second-order valence-electron chi connectivity index (χ2n) is 16.4. The van der Waals surface area contributed by atoms with Gasteiger partial charge in [0.1, 0.15) is 22.3 Å². The van der Waals surface area contributed by atoms with Crippen molar-refractivity contribution >= 4 is 60.9 Å². The highest BCUT2D eigenvalue weighted by Gasteiger charge is 2.35. The molecule has 3 nitrogen and oxygen atoms in total. The molecule has 0 atom stereocenters. The Labute approximate surface area is 348 Å². The molecular weight excluding hydrogens is 731 g/mol. The molecule has 0 bridgehead atoms. The fourth-order valence-corrected chi connectivity index (χ4v) is 9.78. The van der Waals surface area contributed by atoms with Crippen molar-refractivity contribution in [2.24, 2.45) is 0 Å². The van der Waals surface area contributed by atoms with E-state index < -0.39 is 0 Å². The lowest BCUT2D eigenvalue weighted by Crippen LogP contribution is -2.14. The van der Waals surface area contributed by atoms with E-state index in [0.29, 0.717) is 0 Å². The highest BCUT2D eigenvalue weighted by atomic mass is 16.3. The van der Waals surface area contributed by atoms with Crippen LogP contribution in [0.3, 0.4) is 0 Å². The maximum absolute atomic E-state index is 7.00. The van der Waals surface area contributed by atoms with Gasteiger partial charge in [0.25, 0.3) is 0 Å². The van der Waals surface area contributed by atoms with Gasteiger partial charge in [0, 0.05) is 49.6 Å². The Morgan fingerprint density at radius 2 is 0.900 bits per heavy atom. The van der Waals surface area contributed by atoms with Gasteiger partial charge in [0.2, 0.25) is 0 Å². The zero-order valence-electron chi connectivity index (χ0n) is 33.3. The van der Waals surface area contributed by atoms with Crippen LogP contribution in [0.4, 0.5) is 17.1 Å². The van der Waals surface area contributed by atoms with Crippen molar-refractivity contribution in [3.05, 3.63) is 211 Å². The smallest absolute Gasteiger partial charge is 0.143 e. The van der Waals surface area contributed by atoms with E-state index in [9.17, 15) is 0 Å². The van der Waals surface area contributed by atoms with Crippen LogP contribution in [0, 0.1) is 0 Å². The minimum atomic E-state index is -0.137. The summed E-state index contributed by atoms with van der Waals surface area (Å²) in [6.45, 7) is 4.69. The predicted molar refractivity (Wildman–Crippen MR) is 250 cm³/mol. The molecule has 2 aromatic heterocycles. The lowest BCUT2D eigenvalue weighted by atomic mass is 9.81. The van der Waals surface area contributed by atoms with Gasteiger partial charge in [-0.25, -0.2) is 0 Å². The summed E-state index contributed by atoms with van der Waals surface area (Å²) in [5.41, 5.74) is 18.8. The van der Waals surface area contributed by atoms with E-state index >= 15 is 0 Å². The molecule has 0 N–H and O–H groups in total. The standard InChI is InChI=1S/C57H39NO2/c1-57(2)48-19-11-9-17-44(48)45-30-27-39(35-49(45)57)53-43(31-32-47-55-52(60-56(47)53)34-33-51-54(55)46-18-10-12-20-50(46)59-51)38-23-21-36(22-24-38)37-25-28-42(29-26-37)58(40-13-5-3-6-14-40)41-15-7-4-8-16-41/h3-35H,1-2H3. The Bertz CT molecular complexity index is 3390. The molecule has 0 amide bonds. The van der Waals surface area contributed by atoms with Crippen LogP contribution in [0.5, 0.6) is 0 Å². The molecule has 284 valence electrons. The molecule has 11 aromatic rings. The molecule has 0 fully saturated rings. The molecule has 1 aliphatic carbocycles. The second-order valence-corrected chi connectivity index (χ2v) is 16.4. The monoisotopic (exact) mass is 769 g/mol. The number of rotatable bonds is 6. The second kappa shape index (κ2) is 13.2. The number of hydrogen-bond acceptors (Lipinski definition) is 3. The molecule has 1 aliphatic rings. The van der Waals surface area contributed by atoms with Crippen LogP contribution in [0.1, 0.15) is 25.0 Å². The van der Waals surface area contributed by atoms with Crippen LogP contribution in [-0.4, -0.2) is 0 Å². The van der Waals surface area contributed by atoms with Crippen molar-refractivity contribution in [2.45, 2.75) is 19.3 Å². The first-order valence-corrected chi connectivity index (χ1v) is 20.7. The van der Waals surface area contributed by atoms with Gasteiger partial charge in [-0.2, -0.15) is 0 Å². The van der Waals surface area contributed by atoms with Gasteiger partial charge in [-0.15, -0.1) is 0 Å². The van der Waals surface area contributed by atoms with Crippen molar-refractivity contribution in [1.29, 1.82) is 0 Å². The first-order chi connectivity index (χ1) is 29.5. The third-order valence-corrected chi connectivity index (χ3v) is 12.7. The third kappa shape index (κ3) is 5.22. The van der Waals surface area contributed by atoms with E-state index in [1.165, 1.54) is 22.3 Å². The minimum absolute atomic E-state index is 0.137. The Morgan fingerprint density at radius 1 is 0.367 bits per heavy atom. The van der Waals surface area contributed by atoms with Crippen LogP contribution in [0.25, 0.3) is 88.4 Å². The number of anilines is 3. The highest BCUT2D eigenvalue weighted by Crippen LogP contribution is 2.52. The lowest BCUT2D eigenvalue weighted by Gasteiger charge is -2.25. The zero-order valence-corrected chi connectivity index (χ0v) is 33.3. The summed E-state index contributed by atoms with van der Waals surface area (Å²) in [7, 11) is 0. The van der Waals surface area contributed by atoms with Gasteiger partial charge in [-0.05, 0) is 117 Å². The zero-order chi connectivity index (χ0) is 40.0. The number of para-hydroxylation sites is 3. The van der Waals surface area contributed by atoms with Crippen molar-refractivity contribution < 1.29 is 8.83 Å². The molecule has 0 saturated carbocycles. The molecule has 2 heterocycles. The molecule has 12 rings (SSSR count). The highest BCUT2D eigenvalue weighted by molar-refractivity contribution is 6.27. The largest absolute Gasteiger partial charge is 0.456 e. The maximum atomic E-state index is 7.00. The van der Waals surface area contributed by atoms with Gasteiger partial charge in [0.05, 0.1) is 0 Å². The Hall–Kier alpha value is -7.62. The average Bonchev–Trinajstić information content (AvgIpc) is 3.94. The van der Waals surface area contributed by atoms with Gasteiger partial charge in [-0.3, -0.25) is 0 Å². The van der Waals surface area contributed by atoms with Gasteiger partial charge in [0.15, 0.2) is 0 Å². The topological polar surface area (TPSA) is 29.5 Å². The summed E-state index contributed by atoms with van der Waals surface area (Å²) in [5.74, 6) is 0. The Balaban J connectivity index is 0.997. The summed E-state index contributed by atoms with van der Waals surface area (Å²) >= 11 is 0. The van der Waals surface area contributed by atoms with E-state index in [0.717, 1.165) is 94.3 Å². The predicted octanol–water partition coefficient (Wildman–Crippen LogP) is 16.3. The normalized spacial score (nSPS) is 13.0. The van der Waals surface area contributed by atoms with E-state index in [-0.39, 0.29) is 5.41 Å². The van der Waals surface area contributed by atoms with Crippen molar-refractivity contribution in [3.8, 4) is 44.5 Å². The first kappa shape index (κ1) is 34.4. The van der Waals surface area contributed by atoms with Gasteiger partial charge < -0.3 is 13.7 Å². The molecule has 0 unspecified atom stereocenters. The summed E-state index contributed by atoms with van der Waals surface area (Å²) in [5, 5.41) is 4.36. The number of nitrogens with zero attached hydrogens (tertiary/aromatic N) is 1. The van der Waals surface area contributed by atoms with E-state index in [2.05, 4.69) is 201 Å². The van der Waals surface area contributed by atoms with Crippen LogP contribution in [0.2, 0.25) is 0 Å². The molecule has 0 aliphatic heterocycles. The van der Waals surface area contributed by atoms with Crippen molar-refractivity contribution in [2.75, 3.05) is 4.90 Å². The fourth-order valence-electron chi connectivity index (χ4n) is 9.78. The number of benzene rings is 9. The molecule has 0 saturated heterocycles. The van der Waals surface area contributed by atoms with Crippen LogP contribution in [-0.2, 0) is 5.41 Å². The molecule has 60 heavy (non-hydrogen) atoms. The molecule has 3 heteroatoms. The quantitative estimate of drug-likeness (QED) is 0.169. The minimum Gasteiger partial charge on any atom is -0.456 e. The number of furan rings is 2. The summed E-state index contributed by atoms with van der Waals surface area (Å²) < 4.78 is 13.4. The van der Waals surface area contributed by atoms with E-state index in [1.54, 1.807) is 0 Å². The number of hydrogen-bond donors (Lipinski definition) is 0. The third-order valence-electron chi connectivity index (χ3n) is 12.7.